The molecule has 3 nitrogen and oxygen atoms in total. The Kier molecular flexibility index (Phi) is 5.07. The van der Waals surface area contributed by atoms with Crippen LogP contribution in [0.4, 0.5) is 4.79 Å². The maximum atomic E-state index is 12.5. The molecule has 0 N–H and O–H groups in total. The van der Waals surface area contributed by atoms with Crippen LogP contribution in [0, 0.1) is 0 Å². The van der Waals surface area contributed by atoms with E-state index < -0.39 is 0 Å². The molecule has 0 spiro atoms. The molecule has 0 saturated carbocycles. The van der Waals surface area contributed by atoms with Gasteiger partial charge in [-0.1, -0.05) is 61.0 Å². The van der Waals surface area contributed by atoms with Crippen molar-refractivity contribution in [1.29, 1.82) is 0 Å². The third kappa shape index (κ3) is 3.55. The van der Waals surface area contributed by atoms with Gasteiger partial charge in [-0.15, -0.1) is 0 Å². The van der Waals surface area contributed by atoms with Crippen molar-refractivity contribution in [2.24, 2.45) is 0 Å². The maximum absolute atomic E-state index is 12.5. The standard InChI is InChI=1S/C19H16ClNO2S/c1-2-13-7-9-14(10-8-13)11-17-18(22)21(19(23)24-17)12-15-5-3-4-6-16(15)20/h3-11H,2,12H2,1H3/b17-11-. The molecular weight excluding hydrogens is 342 g/mol. The van der Waals surface area contributed by atoms with Crippen LogP contribution in [-0.4, -0.2) is 16.0 Å². The van der Waals surface area contributed by atoms with Crippen LogP contribution in [0.15, 0.2) is 53.4 Å². The Morgan fingerprint density at radius 3 is 2.46 bits per heavy atom. The van der Waals surface area contributed by atoms with E-state index in [1.54, 1.807) is 12.1 Å². The van der Waals surface area contributed by atoms with E-state index in [2.05, 4.69) is 6.92 Å². The Hall–Kier alpha value is -2.04. The van der Waals surface area contributed by atoms with Gasteiger partial charge >= 0.3 is 0 Å². The van der Waals surface area contributed by atoms with Gasteiger partial charge in [-0.05, 0) is 47.0 Å². The van der Waals surface area contributed by atoms with Crippen molar-refractivity contribution in [3.63, 3.8) is 0 Å². The van der Waals surface area contributed by atoms with Crippen molar-refractivity contribution < 1.29 is 9.59 Å². The van der Waals surface area contributed by atoms with Crippen LogP contribution in [0.3, 0.4) is 0 Å². The average Bonchev–Trinajstić information content (AvgIpc) is 2.85. The van der Waals surface area contributed by atoms with Gasteiger partial charge in [0.1, 0.15) is 0 Å². The Morgan fingerprint density at radius 2 is 1.79 bits per heavy atom. The quantitative estimate of drug-likeness (QED) is 0.711. The number of halogens is 1. The number of imide groups is 1. The lowest BCUT2D eigenvalue weighted by Crippen LogP contribution is -2.27. The molecule has 0 atom stereocenters. The lowest BCUT2D eigenvalue weighted by atomic mass is 10.1. The first-order chi connectivity index (χ1) is 11.6. The summed E-state index contributed by atoms with van der Waals surface area (Å²) in [5, 5.41) is 0.284. The highest BCUT2D eigenvalue weighted by atomic mass is 35.5. The van der Waals surface area contributed by atoms with Crippen LogP contribution in [0.2, 0.25) is 5.02 Å². The first-order valence-corrected chi connectivity index (χ1v) is 8.85. The average molecular weight is 358 g/mol. The number of thioether (sulfide) groups is 1. The summed E-state index contributed by atoms with van der Waals surface area (Å²) in [6.45, 7) is 2.28. The highest BCUT2D eigenvalue weighted by Gasteiger charge is 2.35. The Balaban J connectivity index is 1.80. The topological polar surface area (TPSA) is 37.4 Å². The van der Waals surface area contributed by atoms with Gasteiger partial charge in [0, 0.05) is 5.02 Å². The van der Waals surface area contributed by atoms with Crippen LogP contribution in [-0.2, 0) is 17.8 Å². The van der Waals surface area contributed by atoms with Crippen LogP contribution >= 0.6 is 23.4 Å². The SMILES string of the molecule is CCc1ccc(/C=C2\SC(=O)N(Cc3ccccc3Cl)C2=O)cc1. The molecule has 0 radical (unpaired) electrons. The molecule has 0 aliphatic carbocycles. The summed E-state index contributed by atoms with van der Waals surface area (Å²) in [5.41, 5.74) is 2.91. The lowest BCUT2D eigenvalue weighted by molar-refractivity contribution is -0.123. The molecule has 1 heterocycles. The largest absolute Gasteiger partial charge is 0.293 e. The molecule has 0 bridgehead atoms. The smallest absolute Gasteiger partial charge is 0.268 e. The van der Waals surface area contributed by atoms with E-state index in [1.807, 2.05) is 42.5 Å². The number of carbonyl (C=O) groups is 2. The number of nitrogens with zero attached hydrogens (tertiary/aromatic N) is 1. The van der Waals surface area contributed by atoms with Crippen molar-refractivity contribution >= 4 is 40.6 Å². The molecule has 1 aliphatic heterocycles. The fourth-order valence-corrected chi connectivity index (χ4v) is 3.47. The predicted octanol–water partition coefficient (Wildman–Crippen LogP) is 5.14. The summed E-state index contributed by atoms with van der Waals surface area (Å²) >= 11 is 7.09. The van der Waals surface area contributed by atoms with Crippen LogP contribution in [0.5, 0.6) is 0 Å². The Bertz CT molecular complexity index is 814. The van der Waals surface area contributed by atoms with E-state index in [9.17, 15) is 9.59 Å². The minimum absolute atomic E-state index is 0.191. The van der Waals surface area contributed by atoms with Gasteiger partial charge in [-0.25, -0.2) is 0 Å². The second-order valence-corrected chi connectivity index (χ2v) is 6.85. The van der Waals surface area contributed by atoms with Gasteiger partial charge in [-0.2, -0.15) is 0 Å². The van der Waals surface area contributed by atoms with E-state index in [-0.39, 0.29) is 17.7 Å². The first kappa shape index (κ1) is 16.8. The van der Waals surface area contributed by atoms with Crippen LogP contribution in [0.25, 0.3) is 6.08 Å². The number of rotatable bonds is 4. The zero-order chi connectivity index (χ0) is 17.1. The number of benzene rings is 2. The summed E-state index contributed by atoms with van der Waals surface area (Å²) in [6.07, 6.45) is 2.73. The van der Waals surface area contributed by atoms with Gasteiger partial charge in [0.2, 0.25) is 0 Å². The molecular formula is C19H16ClNO2S. The number of carbonyl (C=O) groups excluding carboxylic acids is 2. The molecule has 1 saturated heterocycles. The van der Waals surface area contributed by atoms with Crippen molar-refractivity contribution in [2.75, 3.05) is 0 Å². The lowest BCUT2D eigenvalue weighted by Gasteiger charge is -2.13. The summed E-state index contributed by atoms with van der Waals surface area (Å²) in [6, 6.07) is 15.2. The highest BCUT2D eigenvalue weighted by Crippen LogP contribution is 2.34. The number of aryl methyl sites for hydroxylation is 1. The van der Waals surface area contributed by atoms with E-state index >= 15 is 0 Å². The van der Waals surface area contributed by atoms with Crippen LogP contribution < -0.4 is 0 Å². The molecule has 122 valence electrons. The summed E-state index contributed by atoms with van der Waals surface area (Å²) in [4.78, 5) is 26.4. The second-order valence-electron chi connectivity index (χ2n) is 5.45. The Labute approximate surface area is 150 Å². The van der Waals surface area contributed by atoms with Gasteiger partial charge in [-0.3, -0.25) is 14.5 Å². The number of hydrogen-bond donors (Lipinski definition) is 0. The predicted molar refractivity (Wildman–Crippen MR) is 98.8 cm³/mol. The molecule has 5 heteroatoms. The molecule has 3 rings (SSSR count). The fourth-order valence-electron chi connectivity index (χ4n) is 2.43. The van der Waals surface area contributed by atoms with E-state index in [0.717, 1.165) is 29.3 Å². The third-order valence-corrected chi connectivity index (χ3v) is 5.12. The van der Waals surface area contributed by atoms with Crippen LogP contribution in [0.1, 0.15) is 23.6 Å². The second kappa shape index (κ2) is 7.24. The minimum Gasteiger partial charge on any atom is -0.268 e. The molecule has 0 aromatic heterocycles. The van der Waals surface area contributed by atoms with E-state index in [0.29, 0.717) is 9.93 Å². The van der Waals surface area contributed by atoms with Gasteiger partial charge in [0.25, 0.3) is 11.1 Å². The number of hydrogen-bond acceptors (Lipinski definition) is 3. The molecule has 1 fully saturated rings. The number of amides is 2. The summed E-state index contributed by atoms with van der Waals surface area (Å²) < 4.78 is 0. The van der Waals surface area contributed by atoms with E-state index in [4.69, 9.17) is 11.6 Å². The van der Waals surface area contributed by atoms with Crippen molar-refractivity contribution in [3.05, 3.63) is 75.1 Å². The van der Waals surface area contributed by atoms with Gasteiger partial charge in [0.15, 0.2) is 0 Å². The molecule has 2 amide bonds. The minimum atomic E-state index is -0.274. The fraction of sp³-hybridized carbons (Fsp3) is 0.158. The zero-order valence-electron chi connectivity index (χ0n) is 13.2. The molecule has 2 aromatic carbocycles. The first-order valence-electron chi connectivity index (χ1n) is 7.66. The molecule has 2 aromatic rings. The van der Waals surface area contributed by atoms with Crippen molar-refractivity contribution in [2.45, 2.75) is 19.9 Å². The van der Waals surface area contributed by atoms with Crippen molar-refractivity contribution in [3.8, 4) is 0 Å². The third-order valence-electron chi connectivity index (χ3n) is 3.85. The molecule has 24 heavy (non-hydrogen) atoms. The monoisotopic (exact) mass is 357 g/mol. The zero-order valence-corrected chi connectivity index (χ0v) is 14.7. The Morgan fingerprint density at radius 1 is 1.08 bits per heavy atom. The molecule has 1 aliphatic rings. The van der Waals surface area contributed by atoms with Gasteiger partial charge < -0.3 is 0 Å². The molecule has 0 unspecified atom stereocenters. The van der Waals surface area contributed by atoms with E-state index in [1.165, 1.54) is 10.5 Å². The van der Waals surface area contributed by atoms with Crippen molar-refractivity contribution in [1.82, 2.24) is 4.90 Å². The summed E-state index contributed by atoms with van der Waals surface area (Å²) in [5.74, 6) is -0.274. The maximum Gasteiger partial charge on any atom is 0.293 e. The summed E-state index contributed by atoms with van der Waals surface area (Å²) in [7, 11) is 0. The van der Waals surface area contributed by atoms with Gasteiger partial charge in [0.05, 0.1) is 11.4 Å². The normalized spacial score (nSPS) is 16.2. The highest BCUT2D eigenvalue weighted by molar-refractivity contribution is 8.18.